The van der Waals surface area contributed by atoms with Gasteiger partial charge in [0.1, 0.15) is 5.75 Å². The Bertz CT molecular complexity index is 782. The Labute approximate surface area is 155 Å². The Kier molecular flexibility index (Phi) is 7.70. The molecule has 9 heteroatoms. The number of benzene rings is 1. The van der Waals surface area contributed by atoms with Crippen molar-refractivity contribution in [2.24, 2.45) is 0 Å². The topological polar surface area (TPSA) is 121 Å². The lowest BCUT2D eigenvalue weighted by atomic mass is 10.1. The number of pyridine rings is 1. The molecule has 0 aliphatic heterocycles. The van der Waals surface area contributed by atoms with Gasteiger partial charge in [0.2, 0.25) is 0 Å². The Hall–Kier alpha value is -3.49. The number of nitrogens with zero attached hydrogens (tertiary/aromatic N) is 2. The fourth-order valence-corrected chi connectivity index (χ4v) is 2.23. The van der Waals surface area contributed by atoms with Crippen LogP contribution in [0.3, 0.4) is 0 Å². The van der Waals surface area contributed by atoms with Crippen LogP contribution in [0.1, 0.15) is 40.0 Å². The van der Waals surface area contributed by atoms with Gasteiger partial charge in [-0.1, -0.05) is 12.1 Å². The average molecular weight is 373 g/mol. The highest BCUT2D eigenvalue weighted by atomic mass is 16.9. The number of rotatable bonds is 10. The highest BCUT2D eigenvalue weighted by Crippen LogP contribution is 2.19. The molecule has 0 aliphatic rings. The van der Waals surface area contributed by atoms with Gasteiger partial charge in [-0.25, -0.2) is 4.79 Å². The summed E-state index contributed by atoms with van der Waals surface area (Å²) >= 11 is 0. The maximum atomic E-state index is 12.3. The average Bonchev–Trinajstić information content (AvgIpc) is 2.68. The van der Waals surface area contributed by atoms with Crippen LogP contribution in [0, 0.1) is 10.1 Å². The van der Waals surface area contributed by atoms with E-state index in [0.717, 1.165) is 0 Å². The van der Waals surface area contributed by atoms with Crippen LogP contribution in [0.2, 0.25) is 0 Å². The first-order valence-corrected chi connectivity index (χ1v) is 8.34. The van der Waals surface area contributed by atoms with Gasteiger partial charge in [0.25, 0.3) is 11.0 Å². The van der Waals surface area contributed by atoms with Crippen LogP contribution in [0.25, 0.3) is 0 Å². The SMILES string of the molecule is O=C(Oc1ccccc1C(=O)NCCCCCO[N+](=O)[O-])c1cccnc1. The van der Waals surface area contributed by atoms with Crippen molar-refractivity contribution in [3.8, 4) is 5.75 Å². The van der Waals surface area contributed by atoms with E-state index < -0.39 is 11.1 Å². The number of carbonyl (C=O) groups excluding carboxylic acids is 2. The molecule has 2 rings (SSSR count). The number of ether oxygens (including phenoxy) is 1. The third-order valence-corrected chi connectivity index (χ3v) is 3.53. The molecule has 0 spiro atoms. The second-order valence-corrected chi connectivity index (χ2v) is 5.50. The second-order valence-electron chi connectivity index (χ2n) is 5.50. The first-order valence-electron chi connectivity index (χ1n) is 8.34. The molecule has 0 saturated carbocycles. The van der Waals surface area contributed by atoms with Crippen molar-refractivity contribution in [2.75, 3.05) is 13.2 Å². The van der Waals surface area contributed by atoms with Crippen LogP contribution in [0.5, 0.6) is 5.75 Å². The zero-order valence-corrected chi connectivity index (χ0v) is 14.5. The van der Waals surface area contributed by atoms with Gasteiger partial charge in [0.15, 0.2) is 0 Å². The number of amides is 1. The second kappa shape index (κ2) is 10.5. The predicted octanol–water partition coefficient (Wildman–Crippen LogP) is 2.41. The van der Waals surface area contributed by atoms with Crippen LogP contribution < -0.4 is 10.1 Å². The van der Waals surface area contributed by atoms with E-state index in [0.29, 0.717) is 25.8 Å². The maximum Gasteiger partial charge on any atom is 0.345 e. The van der Waals surface area contributed by atoms with E-state index in [4.69, 9.17) is 4.74 Å². The molecular formula is C18H19N3O6. The first kappa shape index (κ1) is 19.8. The summed E-state index contributed by atoms with van der Waals surface area (Å²) < 4.78 is 5.31. The molecule has 0 fully saturated rings. The highest BCUT2D eigenvalue weighted by molar-refractivity contribution is 5.99. The van der Waals surface area contributed by atoms with Crippen LogP contribution >= 0.6 is 0 Å². The molecule has 0 atom stereocenters. The first-order chi connectivity index (χ1) is 13.1. The Balaban J connectivity index is 1.84. The van der Waals surface area contributed by atoms with E-state index >= 15 is 0 Å². The molecule has 0 bridgehead atoms. The molecule has 142 valence electrons. The number of carbonyl (C=O) groups is 2. The molecule has 1 amide bonds. The Morgan fingerprint density at radius 1 is 1.11 bits per heavy atom. The van der Waals surface area contributed by atoms with Crippen molar-refractivity contribution in [3.05, 3.63) is 70.0 Å². The third kappa shape index (κ3) is 6.73. The van der Waals surface area contributed by atoms with Crippen molar-refractivity contribution >= 4 is 11.9 Å². The number of esters is 1. The molecule has 27 heavy (non-hydrogen) atoms. The minimum atomic E-state index is -0.828. The Morgan fingerprint density at radius 3 is 2.67 bits per heavy atom. The molecule has 0 unspecified atom stereocenters. The van der Waals surface area contributed by atoms with Gasteiger partial charge in [-0.05, 0) is 43.5 Å². The van der Waals surface area contributed by atoms with Gasteiger partial charge in [-0.2, -0.15) is 0 Å². The molecule has 2 aromatic rings. The highest BCUT2D eigenvalue weighted by Gasteiger charge is 2.15. The molecule has 9 nitrogen and oxygen atoms in total. The van der Waals surface area contributed by atoms with Crippen molar-refractivity contribution in [1.29, 1.82) is 0 Å². The fraction of sp³-hybridized carbons (Fsp3) is 0.278. The van der Waals surface area contributed by atoms with Crippen LogP contribution in [-0.2, 0) is 4.84 Å². The van der Waals surface area contributed by atoms with Gasteiger partial charge in [0, 0.05) is 18.9 Å². The number of hydrogen-bond acceptors (Lipinski definition) is 7. The lowest BCUT2D eigenvalue weighted by Gasteiger charge is -2.10. The van der Waals surface area contributed by atoms with E-state index in [2.05, 4.69) is 15.1 Å². The third-order valence-electron chi connectivity index (χ3n) is 3.53. The summed E-state index contributed by atoms with van der Waals surface area (Å²) in [4.78, 5) is 42.6. The summed E-state index contributed by atoms with van der Waals surface area (Å²) in [6.45, 7) is 0.427. The minimum absolute atomic E-state index is 0.0358. The molecule has 0 aliphatic carbocycles. The van der Waals surface area contributed by atoms with E-state index in [1.165, 1.54) is 12.3 Å². The zero-order chi connectivity index (χ0) is 19.5. The smallest absolute Gasteiger partial charge is 0.345 e. The van der Waals surface area contributed by atoms with Gasteiger partial charge in [-0.15, -0.1) is 10.1 Å². The lowest BCUT2D eigenvalue weighted by molar-refractivity contribution is -0.757. The van der Waals surface area contributed by atoms with Gasteiger partial charge in [-0.3, -0.25) is 9.78 Å². The van der Waals surface area contributed by atoms with Crippen molar-refractivity contribution in [2.45, 2.75) is 19.3 Å². The number of unbranched alkanes of at least 4 members (excludes halogenated alkanes) is 2. The van der Waals surface area contributed by atoms with Crippen molar-refractivity contribution < 1.29 is 24.3 Å². The summed E-state index contributed by atoms with van der Waals surface area (Å²) in [5.41, 5.74) is 0.524. The van der Waals surface area contributed by atoms with Crippen LogP contribution in [-0.4, -0.2) is 35.1 Å². The lowest BCUT2D eigenvalue weighted by Crippen LogP contribution is -2.25. The predicted molar refractivity (Wildman–Crippen MR) is 94.8 cm³/mol. The minimum Gasteiger partial charge on any atom is -0.422 e. The number of nitrogens with one attached hydrogen (secondary N) is 1. The molecule has 1 heterocycles. The summed E-state index contributed by atoms with van der Waals surface area (Å²) in [5.74, 6) is -0.816. The Morgan fingerprint density at radius 2 is 1.93 bits per heavy atom. The zero-order valence-electron chi connectivity index (χ0n) is 14.5. The standard InChI is InChI=1S/C18H19N3O6/c22-17(20-11-4-1-5-12-26-21(24)25)15-8-2-3-9-16(15)27-18(23)14-7-6-10-19-13-14/h2-3,6-10,13H,1,4-5,11-12H2,(H,20,22). The van der Waals surface area contributed by atoms with Crippen molar-refractivity contribution in [3.63, 3.8) is 0 Å². The van der Waals surface area contributed by atoms with E-state index in [-0.39, 0.29) is 29.4 Å². The largest absolute Gasteiger partial charge is 0.422 e. The normalized spacial score (nSPS) is 10.1. The fourth-order valence-electron chi connectivity index (χ4n) is 2.23. The summed E-state index contributed by atoms with van der Waals surface area (Å²) in [6, 6.07) is 9.63. The van der Waals surface area contributed by atoms with Crippen LogP contribution in [0.4, 0.5) is 0 Å². The maximum absolute atomic E-state index is 12.3. The van der Waals surface area contributed by atoms with Crippen molar-refractivity contribution in [1.82, 2.24) is 10.3 Å². The molecule has 1 N–H and O–H groups in total. The van der Waals surface area contributed by atoms with Gasteiger partial charge in [0.05, 0.1) is 17.7 Å². The van der Waals surface area contributed by atoms with Gasteiger partial charge >= 0.3 is 5.97 Å². The van der Waals surface area contributed by atoms with E-state index in [1.54, 1.807) is 36.5 Å². The number of para-hydroxylation sites is 1. The molecule has 0 saturated heterocycles. The molecule has 1 aromatic heterocycles. The summed E-state index contributed by atoms with van der Waals surface area (Å²) in [7, 11) is 0. The summed E-state index contributed by atoms with van der Waals surface area (Å²) in [6.07, 6.45) is 4.77. The quantitative estimate of drug-likeness (QED) is 0.223. The van der Waals surface area contributed by atoms with Crippen LogP contribution in [0.15, 0.2) is 48.8 Å². The van der Waals surface area contributed by atoms with E-state index in [9.17, 15) is 19.7 Å². The molecular weight excluding hydrogens is 354 g/mol. The monoisotopic (exact) mass is 373 g/mol. The molecule has 1 aromatic carbocycles. The summed E-state index contributed by atoms with van der Waals surface area (Å²) in [5, 5.41) is 11.9. The molecule has 0 radical (unpaired) electrons. The van der Waals surface area contributed by atoms with E-state index in [1.807, 2.05) is 0 Å². The van der Waals surface area contributed by atoms with Gasteiger partial charge < -0.3 is 14.9 Å². The number of aromatic nitrogens is 1. The number of hydrogen-bond donors (Lipinski definition) is 1.